The maximum atomic E-state index is 12.3. The number of carbonyl (C=O) groups is 1. The molecule has 0 saturated carbocycles. The average molecular weight is 320 g/mol. The normalized spacial score (nSPS) is 12.8. The number of halogens is 1. The van der Waals surface area contributed by atoms with Crippen LogP contribution in [0, 0.1) is 0 Å². The SMILES string of the molecule is CC(C)(Oc1ccc(C(=O)c2ccc(Cl)cc2)cc1)C([O-])O. The molecule has 4 nitrogen and oxygen atoms in total. The van der Waals surface area contributed by atoms with E-state index in [1.165, 1.54) is 13.8 Å². The van der Waals surface area contributed by atoms with Crippen molar-refractivity contribution in [2.24, 2.45) is 0 Å². The van der Waals surface area contributed by atoms with Crippen molar-refractivity contribution >= 4 is 17.4 Å². The van der Waals surface area contributed by atoms with E-state index in [4.69, 9.17) is 21.4 Å². The highest BCUT2D eigenvalue weighted by atomic mass is 35.5. The molecule has 0 heterocycles. The number of aliphatic hydroxyl groups excluding tert-OH is 1. The third-order valence-corrected chi connectivity index (χ3v) is 3.45. The first kappa shape index (κ1) is 16.5. The molecule has 116 valence electrons. The van der Waals surface area contributed by atoms with Crippen molar-refractivity contribution in [3.8, 4) is 5.75 Å². The van der Waals surface area contributed by atoms with E-state index in [-0.39, 0.29) is 5.78 Å². The van der Waals surface area contributed by atoms with Gasteiger partial charge in [-0.05, 0) is 62.4 Å². The van der Waals surface area contributed by atoms with Crippen molar-refractivity contribution in [2.45, 2.75) is 25.7 Å². The largest absolute Gasteiger partial charge is 0.828 e. The summed E-state index contributed by atoms with van der Waals surface area (Å²) < 4.78 is 5.43. The van der Waals surface area contributed by atoms with Crippen LogP contribution in [0.4, 0.5) is 0 Å². The van der Waals surface area contributed by atoms with Gasteiger partial charge < -0.3 is 14.9 Å². The molecule has 0 aromatic heterocycles. The zero-order valence-electron chi connectivity index (χ0n) is 12.2. The summed E-state index contributed by atoms with van der Waals surface area (Å²) in [5.74, 6) is 0.277. The minimum Gasteiger partial charge on any atom is -0.828 e. The number of ketones is 1. The Hall–Kier alpha value is -1.88. The van der Waals surface area contributed by atoms with E-state index in [0.29, 0.717) is 21.9 Å². The lowest BCUT2D eigenvalue weighted by Gasteiger charge is -2.35. The lowest BCUT2D eigenvalue weighted by Crippen LogP contribution is -2.49. The summed E-state index contributed by atoms with van der Waals surface area (Å²) in [6.45, 7) is 2.99. The molecule has 22 heavy (non-hydrogen) atoms. The molecule has 1 atom stereocenters. The van der Waals surface area contributed by atoms with Crippen molar-refractivity contribution in [1.29, 1.82) is 0 Å². The van der Waals surface area contributed by atoms with Crippen LogP contribution in [0.25, 0.3) is 0 Å². The lowest BCUT2D eigenvalue weighted by molar-refractivity contribution is -0.509. The molecular weight excluding hydrogens is 304 g/mol. The second-order valence-corrected chi connectivity index (χ2v) is 5.85. The topological polar surface area (TPSA) is 69.6 Å². The average Bonchev–Trinajstić information content (AvgIpc) is 2.47. The van der Waals surface area contributed by atoms with Crippen LogP contribution in [-0.2, 0) is 0 Å². The Morgan fingerprint density at radius 1 is 1.09 bits per heavy atom. The standard InChI is InChI=1S/C17H16ClO4/c1-17(2,16(20)21)22-14-9-5-12(6-10-14)15(19)11-3-7-13(18)8-4-11/h3-10,16,20H,1-2H3/q-1. The third kappa shape index (κ3) is 3.85. The monoisotopic (exact) mass is 319 g/mol. The van der Waals surface area contributed by atoms with E-state index in [2.05, 4.69) is 0 Å². The van der Waals surface area contributed by atoms with Crippen LogP contribution in [0.5, 0.6) is 5.75 Å². The summed E-state index contributed by atoms with van der Waals surface area (Å²) in [6, 6.07) is 13.0. The van der Waals surface area contributed by atoms with Gasteiger partial charge in [0, 0.05) is 22.4 Å². The van der Waals surface area contributed by atoms with Gasteiger partial charge in [0.05, 0.1) is 0 Å². The molecule has 2 aromatic rings. The minimum atomic E-state index is -1.86. The number of ether oxygens (including phenoxy) is 1. The molecule has 0 aliphatic carbocycles. The van der Waals surface area contributed by atoms with Gasteiger partial charge in [-0.1, -0.05) is 11.6 Å². The zero-order chi connectivity index (χ0) is 16.3. The maximum absolute atomic E-state index is 12.3. The van der Waals surface area contributed by atoms with Gasteiger partial charge in [0.15, 0.2) is 5.78 Å². The van der Waals surface area contributed by atoms with Gasteiger partial charge in [0.25, 0.3) is 0 Å². The molecule has 1 N–H and O–H groups in total. The molecule has 1 unspecified atom stereocenters. The predicted molar refractivity (Wildman–Crippen MR) is 82.0 cm³/mol. The maximum Gasteiger partial charge on any atom is 0.193 e. The molecule has 0 bridgehead atoms. The zero-order valence-corrected chi connectivity index (χ0v) is 13.0. The molecule has 0 aliphatic rings. The highest BCUT2D eigenvalue weighted by Crippen LogP contribution is 2.21. The van der Waals surface area contributed by atoms with Crippen molar-refractivity contribution < 1.29 is 19.7 Å². The number of aliphatic hydroxyl groups is 1. The van der Waals surface area contributed by atoms with Gasteiger partial charge in [-0.2, -0.15) is 0 Å². The number of hydrogen-bond acceptors (Lipinski definition) is 4. The lowest BCUT2D eigenvalue weighted by atomic mass is 10.0. The number of rotatable bonds is 5. The van der Waals surface area contributed by atoms with E-state index in [1.807, 2.05) is 0 Å². The van der Waals surface area contributed by atoms with E-state index < -0.39 is 11.9 Å². The molecule has 0 fully saturated rings. The molecule has 0 spiro atoms. The Bertz CT molecular complexity index is 645. The van der Waals surface area contributed by atoms with Gasteiger partial charge in [-0.15, -0.1) is 0 Å². The highest BCUT2D eigenvalue weighted by Gasteiger charge is 2.22. The molecule has 0 amide bonds. The number of carbonyl (C=O) groups excluding carboxylic acids is 1. The Kier molecular flexibility index (Phi) is 4.86. The van der Waals surface area contributed by atoms with Crippen molar-refractivity contribution in [1.82, 2.24) is 0 Å². The first-order valence-corrected chi connectivity index (χ1v) is 7.10. The van der Waals surface area contributed by atoms with Gasteiger partial charge in [0.2, 0.25) is 0 Å². The number of benzene rings is 2. The number of hydrogen-bond donors (Lipinski definition) is 1. The molecule has 2 aromatic carbocycles. The molecule has 2 rings (SSSR count). The van der Waals surface area contributed by atoms with Gasteiger partial charge in [-0.25, -0.2) is 0 Å². The fraction of sp³-hybridized carbons (Fsp3) is 0.235. The molecule has 0 aliphatic heterocycles. The second-order valence-electron chi connectivity index (χ2n) is 5.42. The third-order valence-electron chi connectivity index (χ3n) is 3.20. The smallest absolute Gasteiger partial charge is 0.193 e. The van der Waals surface area contributed by atoms with Gasteiger partial charge in [-0.3, -0.25) is 4.79 Å². The van der Waals surface area contributed by atoms with Crippen LogP contribution in [0.2, 0.25) is 5.02 Å². The first-order valence-electron chi connectivity index (χ1n) is 6.73. The van der Waals surface area contributed by atoms with E-state index in [0.717, 1.165) is 0 Å². The van der Waals surface area contributed by atoms with Crippen LogP contribution in [0.3, 0.4) is 0 Å². The summed E-state index contributed by atoms with van der Waals surface area (Å²) in [4.78, 5) is 12.3. The molecule has 5 heteroatoms. The Morgan fingerprint density at radius 2 is 1.55 bits per heavy atom. The van der Waals surface area contributed by atoms with Crippen LogP contribution in [0.1, 0.15) is 29.8 Å². The Balaban J connectivity index is 2.15. The minimum absolute atomic E-state index is 0.133. The summed E-state index contributed by atoms with van der Waals surface area (Å²) in [6.07, 6.45) is -1.86. The molecular formula is C17H16ClO4-. The van der Waals surface area contributed by atoms with E-state index in [9.17, 15) is 9.90 Å². The van der Waals surface area contributed by atoms with Crippen molar-refractivity contribution in [3.05, 3.63) is 64.7 Å². The van der Waals surface area contributed by atoms with E-state index >= 15 is 0 Å². The van der Waals surface area contributed by atoms with Crippen LogP contribution >= 0.6 is 11.6 Å². The van der Waals surface area contributed by atoms with E-state index in [1.54, 1.807) is 48.5 Å². The molecule has 0 radical (unpaired) electrons. The predicted octanol–water partition coefficient (Wildman–Crippen LogP) is 2.41. The summed E-state index contributed by atoms with van der Waals surface area (Å²) in [5.41, 5.74) is -0.217. The summed E-state index contributed by atoms with van der Waals surface area (Å²) >= 11 is 5.80. The van der Waals surface area contributed by atoms with Crippen LogP contribution in [0.15, 0.2) is 48.5 Å². The van der Waals surface area contributed by atoms with Crippen molar-refractivity contribution in [3.63, 3.8) is 0 Å². The van der Waals surface area contributed by atoms with Crippen molar-refractivity contribution in [2.75, 3.05) is 0 Å². The molecule has 0 saturated heterocycles. The van der Waals surface area contributed by atoms with Crippen LogP contribution < -0.4 is 9.84 Å². The fourth-order valence-electron chi connectivity index (χ4n) is 1.80. The fourth-order valence-corrected chi connectivity index (χ4v) is 1.92. The van der Waals surface area contributed by atoms with Crippen LogP contribution in [-0.4, -0.2) is 22.8 Å². The second kappa shape index (κ2) is 6.48. The first-order chi connectivity index (χ1) is 10.3. The van der Waals surface area contributed by atoms with Gasteiger partial charge >= 0.3 is 0 Å². The Morgan fingerprint density at radius 3 is 2.00 bits per heavy atom. The highest BCUT2D eigenvalue weighted by molar-refractivity contribution is 6.30. The Labute approximate surface area is 133 Å². The summed E-state index contributed by atoms with van der Waals surface area (Å²) in [5, 5.41) is 20.8. The summed E-state index contributed by atoms with van der Waals surface area (Å²) in [7, 11) is 0. The van der Waals surface area contributed by atoms with Gasteiger partial charge in [0.1, 0.15) is 11.4 Å². The quantitative estimate of drug-likeness (QED) is 0.678.